The van der Waals surface area contributed by atoms with Crippen molar-refractivity contribution in [2.75, 3.05) is 33.3 Å². The number of likely N-dealkylation sites (tertiary alicyclic amines) is 2. The van der Waals surface area contributed by atoms with E-state index in [1.165, 1.54) is 12.7 Å². The van der Waals surface area contributed by atoms with Crippen molar-refractivity contribution in [1.82, 2.24) is 18.9 Å². The van der Waals surface area contributed by atoms with E-state index in [4.69, 9.17) is 4.74 Å². The number of hydrogen-bond acceptors (Lipinski definition) is 4. The van der Waals surface area contributed by atoms with Crippen LogP contribution in [0.25, 0.3) is 11.0 Å². The molecule has 0 atom stereocenters. The fourth-order valence-corrected chi connectivity index (χ4v) is 5.09. The van der Waals surface area contributed by atoms with Gasteiger partial charge in [0.2, 0.25) is 0 Å². The van der Waals surface area contributed by atoms with Crippen molar-refractivity contribution in [1.29, 1.82) is 0 Å². The lowest BCUT2D eigenvalue weighted by atomic mass is 9.97. The van der Waals surface area contributed by atoms with Gasteiger partial charge in [0, 0.05) is 44.8 Å². The minimum Gasteiger partial charge on any atom is -0.453 e. The van der Waals surface area contributed by atoms with E-state index in [0.29, 0.717) is 12.6 Å². The minimum absolute atomic E-state index is 0.100. The van der Waals surface area contributed by atoms with Crippen molar-refractivity contribution < 1.29 is 9.53 Å². The van der Waals surface area contributed by atoms with Crippen LogP contribution < -0.4 is 5.69 Å². The highest BCUT2D eigenvalue weighted by Gasteiger charge is 2.31. The second kappa shape index (κ2) is 9.30. The molecule has 7 nitrogen and oxygen atoms in total. The summed E-state index contributed by atoms with van der Waals surface area (Å²) in [6.45, 7) is 8.25. The normalized spacial score (nSPS) is 19.0. The van der Waals surface area contributed by atoms with Gasteiger partial charge in [-0.1, -0.05) is 23.8 Å². The molecule has 2 saturated heterocycles. The van der Waals surface area contributed by atoms with Crippen LogP contribution in [0.2, 0.25) is 0 Å². The Labute approximate surface area is 183 Å². The number of imidazole rings is 1. The fraction of sp³-hybridized carbons (Fsp3) is 0.583. The second-order valence-corrected chi connectivity index (χ2v) is 8.99. The Hall–Kier alpha value is -2.54. The molecule has 1 aromatic heterocycles. The number of hydrogen-bond donors (Lipinski definition) is 0. The smallest absolute Gasteiger partial charge is 0.409 e. The first-order valence-corrected chi connectivity index (χ1v) is 11.4. The molecule has 0 spiro atoms. The number of carbonyl (C=O) groups excluding carboxylic acids is 1. The summed E-state index contributed by atoms with van der Waals surface area (Å²) in [5, 5.41) is 0. The van der Waals surface area contributed by atoms with E-state index in [0.717, 1.165) is 62.9 Å². The van der Waals surface area contributed by atoms with E-state index in [9.17, 15) is 9.59 Å². The van der Waals surface area contributed by atoms with Gasteiger partial charge < -0.3 is 14.5 Å². The number of fused-ring (bicyclic) bond motifs is 1. The highest BCUT2D eigenvalue weighted by atomic mass is 16.5. The lowest BCUT2D eigenvalue weighted by molar-refractivity contribution is 0.0686. The summed E-state index contributed by atoms with van der Waals surface area (Å²) in [5.41, 5.74) is 3.38. The predicted octanol–water partition coefficient (Wildman–Crippen LogP) is 3.64. The highest BCUT2D eigenvalue weighted by Crippen LogP contribution is 2.29. The average Bonchev–Trinajstić information content (AvgIpc) is 3.08. The Kier molecular flexibility index (Phi) is 6.51. The number of rotatable bonds is 4. The standard InChI is InChI=1S/C24H34N4O3/c1-18(2)8-17-27-21-6-4-5-7-22(21)28(23(27)29)20-11-13-25(14-12-20)19-9-15-26(16-10-19)24(30)31-3/h4-8,19-20H,9-17H2,1-3H3. The fourth-order valence-electron chi connectivity index (χ4n) is 5.09. The zero-order valence-corrected chi connectivity index (χ0v) is 18.9. The van der Waals surface area contributed by atoms with E-state index < -0.39 is 0 Å². The maximum Gasteiger partial charge on any atom is 0.409 e. The van der Waals surface area contributed by atoms with Crippen LogP contribution in [0, 0.1) is 0 Å². The quantitative estimate of drug-likeness (QED) is 0.701. The summed E-state index contributed by atoms with van der Waals surface area (Å²) in [5.74, 6) is 0. The Morgan fingerprint density at radius 2 is 1.61 bits per heavy atom. The second-order valence-electron chi connectivity index (χ2n) is 8.99. The molecule has 1 aromatic carbocycles. The van der Waals surface area contributed by atoms with Crippen molar-refractivity contribution >= 4 is 17.1 Å². The SMILES string of the molecule is COC(=O)N1CCC(N2CCC(n3c(=O)n(CC=C(C)C)c4ccccc43)CC2)CC1. The first kappa shape index (κ1) is 21.7. The molecule has 0 radical (unpaired) electrons. The van der Waals surface area contributed by atoms with Gasteiger partial charge in [-0.05, 0) is 51.7 Å². The van der Waals surface area contributed by atoms with Gasteiger partial charge in [0.05, 0.1) is 18.1 Å². The van der Waals surface area contributed by atoms with E-state index in [1.807, 2.05) is 21.3 Å². The number of ether oxygens (including phenoxy) is 1. The van der Waals surface area contributed by atoms with Gasteiger partial charge in [-0.2, -0.15) is 0 Å². The summed E-state index contributed by atoms with van der Waals surface area (Å²) in [4.78, 5) is 29.4. The molecule has 168 valence electrons. The first-order valence-electron chi connectivity index (χ1n) is 11.4. The van der Waals surface area contributed by atoms with Gasteiger partial charge >= 0.3 is 11.8 Å². The van der Waals surface area contributed by atoms with Crippen LogP contribution in [-0.2, 0) is 11.3 Å². The molecule has 2 aromatic rings. The highest BCUT2D eigenvalue weighted by molar-refractivity contribution is 5.76. The average molecular weight is 427 g/mol. The van der Waals surface area contributed by atoms with Gasteiger partial charge in [0.1, 0.15) is 0 Å². The van der Waals surface area contributed by atoms with Crippen LogP contribution in [-0.4, -0.2) is 64.4 Å². The summed E-state index contributed by atoms with van der Waals surface area (Å²) in [7, 11) is 1.44. The number of benzene rings is 1. The van der Waals surface area contributed by atoms with Crippen molar-refractivity contribution in [3.63, 3.8) is 0 Å². The molecule has 2 aliphatic heterocycles. The molecule has 2 aliphatic rings. The molecular formula is C24H34N4O3. The van der Waals surface area contributed by atoms with Crippen LogP contribution in [0.3, 0.4) is 0 Å². The molecule has 0 aliphatic carbocycles. The Morgan fingerprint density at radius 1 is 1.00 bits per heavy atom. The Morgan fingerprint density at radius 3 is 2.23 bits per heavy atom. The molecule has 7 heteroatoms. The molecular weight excluding hydrogens is 392 g/mol. The number of methoxy groups -OCH3 is 1. The van der Waals surface area contributed by atoms with Crippen LogP contribution in [0.15, 0.2) is 40.7 Å². The number of para-hydroxylation sites is 2. The van der Waals surface area contributed by atoms with E-state index >= 15 is 0 Å². The zero-order valence-electron chi connectivity index (χ0n) is 18.9. The summed E-state index contributed by atoms with van der Waals surface area (Å²) in [6, 6.07) is 8.90. The van der Waals surface area contributed by atoms with Gasteiger partial charge in [0.15, 0.2) is 0 Å². The molecule has 0 saturated carbocycles. The maximum absolute atomic E-state index is 13.3. The monoisotopic (exact) mass is 426 g/mol. The molecule has 3 heterocycles. The van der Waals surface area contributed by atoms with Crippen LogP contribution >= 0.6 is 0 Å². The first-order chi connectivity index (χ1) is 15.0. The number of amides is 1. The van der Waals surface area contributed by atoms with E-state index in [1.54, 1.807) is 4.90 Å². The molecule has 0 unspecified atom stereocenters. The molecule has 0 bridgehead atoms. The number of nitrogens with zero attached hydrogens (tertiary/aromatic N) is 4. The summed E-state index contributed by atoms with van der Waals surface area (Å²) < 4.78 is 8.78. The molecule has 4 rings (SSSR count). The van der Waals surface area contributed by atoms with E-state index in [-0.39, 0.29) is 17.8 Å². The minimum atomic E-state index is -0.221. The van der Waals surface area contributed by atoms with Crippen molar-refractivity contribution in [2.24, 2.45) is 0 Å². The molecule has 0 N–H and O–H groups in total. The number of aromatic nitrogens is 2. The van der Waals surface area contributed by atoms with Gasteiger partial charge in [-0.25, -0.2) is 9.59 Å². The third-order valence-corrected chi connectivity index (χ3v) is 6.83. The van der Waals surface area contributed by atoms with Crippen LogP contribution in [0.1, 0.15) is 45.6 Å². The Balaban J connectivity index is 1.46. The number of piperidine rings is 2. The lowest BCUT2D eigenvalue weighted by Gasteiger charge is -2.41. The van der Waals surface area contributed by atoms with Crippen LogP contribution in [0.5, 0.6) is 0 Å². The van der Waals surface area contributed by atoms with Gasteiger partial charge in [-0.3, -0.25) is 9.13 Å². The third-order valence-electron chi connectivity index (χ3n) is 6.83. The predicted molar refractivity (Wildman–Crippen MR) is 122 cm³/mol. The summed E-state index contributed by atoms with van der Waals surface area (Å²) in [6.07, 6.45) is 5.83. The van der Waals surface area contributed by atoms with Crippen molar-refractivity contribution in [3.8, 4) is 0 Å². The maximum atomic E-state index is 13.3. The number of carbonyl (C=O) groups is 1. The van der Waals surface area contributed by atoms with Gasteiger partial charge in [0.25, 0.3) is 0 Å². The van der Waals surface area contributed by atoms with Crippen LogP contribution in [0.4, 0.5) is 4.79 Å². The molecule has 31 heavy (non-hydrogen) atoms. The van der Waals surface area contributed by atoms with Crippen molar-refractivity contribution in [2.45, 2.75) is 58.2 Å². The summed E-state index contributed by atoms with van der Waals surface area (Å²) >= 11 is 0. The molecule has 1 amide bonds. The Bertz CT molecular complexity index is 1000. The molecule has 2 fully saturated rings. The topological polar surface area (TPSA) is 59.7 Å². The lowest BCUT2D eigenvalue weighted by Crippen LogP contribution is -2.49. The van der Waals surface area contributed by atoms with Gasteiger partial charge in [-0.15, -0.1) is 0 Å². The zero-order chi connectivity index (χ0) is 22.0. The van der Waals surface area contributed by atoms with E-state index in [2.05, 4.69) is 37.0 Å². The largest absolute Gasteiger partial charge is 0.453 e. The third kappa shape index (κ3) is 4.42. The van der Waals surface area contributed by atoms with Crippen molar-refractivity contribution in [3.05, 3.63) is 46.4 Å². The number of allylic oxidation sites excluding steroid dienone is 2.